The largest absolute Gasteiger partial charge is 0.485 e. The van der Waals surface area contributed by atoms with Crippen LogP contribution in [0.1, 0.15) is 33.1 Å². The number of aryl methyl sites for hydroxylation is 3. The number of aromatic nitrogens is 2. The number of benzene rings is 1. The van der Waals surface area contributed by atoms with Gasteiger partial charge in [-0.3, -0.25) is 4.79 Å². The third-order valence-corrected chi connectivity index (χ3v) is 4.17. The zero-order valence-corrected chi connectivity index (χ0v) is 15.3. The number of ether oxygens (including phenoxy) is 1. The molecule has 0 atom stereocenters. The molecule has 26 heavy (non-hydrogen) atoms. The molecule has 2 aromatic heterocycles. The number of furan rings is 1. The summed E-state index contributed by atoms with van der Waals surface area (Å²) in [7, 11) is 1.93. The number of hydrogen-bond acceptors (Lipinski definition) is 4. The maximum absolute atomic E-state index is 12.2. The van der Waals surface area contributed by atoms with Crippen molar-refractivity contribution in [3.8, 4) is 5.75 Å². The van der Waals surface area contributed by atoms with Gasteiger partial charge in [-0.2, -0.15) is 0 Å². The lowest BCUT2D eigenvalue weighted by Crippen LogP contribution is -2.25. The van der Waals surface area contributed by atoms with Crippen LogP contribution < -0.4 is 10.1 Å². The van der Waals surface area contributed by atoms with Crippen LogP contribution in [0.2, 0.25) is 0 Å². The first-order valence-corrected chi connectivity index (χ1v) is 8.55. The van der Waals surface area contributed by atoms with Crippen molar-refractivity contribution in [2.24, 2.45) is 7.05 Å². The van der Waals surface area contributed by atoms with Crippen LogP contribution in [-0.2, 0) is 20.1 Å². The highest BCUT2D eigenvalue weighted by Crippen LogP contribution is 2.20. The van der Waals surface area contributed by atoms with Gasteiger partial charge in [0.1, 0.15) is 18.1 Å². The first kappa shape index (κ1) is 17.8. The fourth-order valence-electron chi connectivity index (χ4n) is 2.70. The SMILES string of the molecule is Cc1ccc(OCc2ccc(C(=O)NCCc3cncn3C)o2)c(C)c1. The number of imidazole rings is 1. The van der Waals surface area contributed by atoms with Gasteiger partial charge in [-0.25, -0.2) is 4.98 Å². The Morgan fingerprint density at radius 3 is 2.85 bits per heavy atom. The summed E-state index contributed by atoms with van der Waals surface area (Å²) < 4.78 is 13.3. The van der Waals surface area contributed by atoms with Crippen molar-refractivity contribution in [3.05, 3.63) is 71.2 Å². The number of nitrogens with one attached hydrogen (secondary N) is 1. The van der Waals surface area contributed by atoms with E-state index >= 15 is 0 Å². The zero-order chi connectivity index (χ0) is 18.5. The van der Waals surface area contributed by atoms with E-state index in [9.17, 15) is 4.79 Å². The molecule has 1 amide bonds. The predicted octanol–water partition coefficient (Wildman–Crippen LogP) is 3.18. The van der Waals surface area contributed by atoms with Crippen molar-refractivity contribution >= 4 is 5.91 Å². The second-order valence-corrected chi connectivity index (χ2v) is 6.33. The quantitative estimate of drug-likeness (QED) is 0.708. The average Bonchev–Trinajstić information content (AvgIpc) is 3.23. The summed E-state index contributed by atoms with van der Waals surface area (Å²) in [5.41, 5.74) is 3.33. The highest BCUT2D eigenvalue weighted by molar-refractivity contribution is 5.91. The molecule has 0 saturated heterocycles. The standard InChI is InChI=1S/C20H23N3O3/c1-14-4-6-18(15(2)10-14)25-12-17-5-7-19(26-17)20(24)22-9-8-16-11-21-13-23(16)3/h4-7,10-11,13H,8-9,12H2,1-3H3,(H,22,24). The van der Waals surface area contributed by atoms with Gasteiger partial charge >= 0.3 is 0 Å². The lowest BCUT2D eigenvalue weighted by Gasteiger charge is -2.08. The maximum Gasteiger partial charge on any atom is 0.287 e. The lowest BCUT2D eigenvalue weighted by atomic mass is 10.1. The Bertz CT molecular complexity index is 895. The van der Waals surface area contributed by atoms with Crippen molar-refractivity contribution in [1.29, 1.82) is 0 Å². The Labute approximate surface area is 152 Å². The minimum Gasteiger partial charge on any atom is -0.485 e. The van der Waals surface area contributed by atoms with Gasteiger partial charge in [0.2, 0.25) is 0 Å². The molecular formula is C20H23N3O3. The van der Waals surface area contributed by atoms with Crippen molar-refractivity contribution in [2.45, 2.75) is 26.9 Å². The Balaban J connectivity index is 1.50. The van der Waals surface area contributed by atoms with Crippen LogP contribution in [-0.4, -0.2) is 22.0 Å². The smallest absolute Gasteiger partial charge is 0.287 e. The number of carbonyl (C=O) groups excluding carboxylic acids is 1. The molecule has 0 aliphatic carbocycles. The van der Waals surface area contributed by atoms with E-state index in [-0.39, 0.29) is 18.3 Å². The molecular weight excluding hydrogens is 330 g/mol. The van der Waals surface area contributed by atoms with E-state index in [4.69, 9.17) is 9.15 Å². The van der Waals surface area contributed by atoms with Crippen LogP contribution in [0.25, 0.3) is 0 Å². The van der Waals surface area contributed by atoms with Crippen LogP contribution in [0.5, 0.6) is 5.75 Å². The summed E-state index contributed by atoms with van der Waals surface area (Å²) in [6, 6.07) is 9.45. The van der Waals surface area contributed by atoms with E-state index in [1.54, 1.807) is 24.7 Å². The van der Waals surface area contributed by atoms with Crippen molar-refractivity contribution in [3.63, 3.8) is 0 Å². The minimum absolute atomic E-state index is 0.232. The molecule has 0 unspecified atom stereocenters. The van der Waals surface area contributed by atoms with Gasteiger partial charge in [0.05, 0.1) is 6.33 Å². The number of hydrogen-bond donors (Lipinski definition) is 1. The molecule has 0 fully saturated rings. The number of nitrogens with zero attached hydrogens (tertiary/aromatic N) is 2. The summed E-state index contributed by atoms with van der Waals surface area (Å²) in [4.78, 5) is 16.2. The molecule has 0 aliphatic rings. The molecule has 3 rings (SSSR count). The molecule has 3 aromatic rings. The summed E-state index contributed by atoms with van der Waals surface area (Å²) >= 11 is 0. The fraction of sp³-hybridized carbons (Fsp3) is 0.300. The predicted molar refractivity (Wildman–Crippen MR) is 98.2 cm³/mol. The molecule has 136 valence electrons. The zero-order valence-electron chi connectivity index (χ0n) is 15.3. The van der Waals surface area contributed by atoms with E-state index in [1.807, 2.05) is 37.6 Å². The molecule has 6 heteroatoms. The van der Waals surface area contributed by atoms with E-state index in [0.717, 1.165) is 17.0 Å². The molecule has 0 bridgehead atoms. The molecule has 0 spiro atoms. The third-order valence-electron chi connectivity index (χ3n) is 4.17. The number of carbonyl (C=O) groups is 1. The van der Waals surface area contributed by atoms with Gasteiger partial charge in [0.25, 0.3) is 5.91 Å². The molecule has 0 aliphatic heterocycles. The molecule has 2 heterocycles. The highest BCUT2D eigenvalue weighted by atomic mass is 16.5. The Morgan fingerprint density at radius 1 is 1.27 bits per heavy atom. The Hall–Kier alpha value is -3.02. The molecule has 1 N–H and O–H groups in total. The van der Waals surface area contributed by atoms with Crippen LogP contribution >= 0.6 is 0 Å². The van der Waals surface area contributed by atoms with Gasteiger partial charge in [-0.15, -0.1) is 0 Å². The van der Waals surface area contributed by atoms with Gasteiger partial charge in [-0.1, -0.05) is 17.7 Å². The lowest BCUT2D eigenvalue weighted by molar-refractivity contribution is 0.0922. The van der Waals surface area contributed by atoms with Crippen LogP contribution in [0.3, 0.4) is 0 Å². The Kier molecular flexibility index (Phi) is 5.41. The van der Waals surface area contributed by atoms with Gasteiger partial charge in [-0.05, 0) is 37.6 Å². The highest BCUT2D eigenvalue weighted by Gasteiger charge is 2.12. The number of amides is 1. The second kappa shape index (κ2) is 7.91. The third kappa shape index (κ3) is 4.33. The van der Waals surface area contributed by atoms with Crippen molar-refractivity contribution in [2.75, 3.05) is 6.54 Å². The fourth-order valence-corrected chi connectivity index (χ4v) is 2.70. The van der Waals surface area contributed by atoms with Crippen LogP contribution in [0, 0.1) is 13.8 Å². The molecule has 6 nitrogen and oxygen atoms in total. The molecule has 1 aromatic carbocycles. The summed E-state index contributed by atoms with van der Waals surface area (Å²) in [6.07, 6.45) is 4.25. The molecule has 0 saturated carbocycles. The van der Waals surface area contributed by atoms with Crippen LogP contribution in [0.4, 0.5) is 0 Å². The van der Waals surface area contributed by atoms with Crippen LogP contribution in [0.15, 0.2) is 47.3 Å². The van der Waals surface area contributed by atoms with E-state index in [1.165, 1.54) is 5.56 Å². The van der Waals surface area contributed by atoms with E-state index < -0.39 is 0 Å². The van der Waals surface area contributed by atoms with E-state index in [0.29, 0.717) is 18.7 Å². The van der Waals surface area contributed by atoms with Crippen molar-refractivity contribution in [1.82, 2.24) is 14.9 Å². The van der Waals surface area contributed by atoms with Gasteiger partial charge in [0, 0.05) is 31.9 Å². The maximum atomic E-state index is 12.2. The summed E-state index contributed by atoms with van der Waals surface area (Å²) in [5, 5.41) is 2.85. The Morgan fingerprint density at radius 2 is 2.12 bits per heavy atom. The first-order valence-electron chi connectivity index (χ1n) is 8.55. The van der Waals surface area contributed by atoms with Crippen molar-refractivity contribution < 1.29 is 13.9 Å². The van der Waals surface area contributed by atoms with Gasteiger partial charge in [0.15, 0.2) is 5.76 Å². The second-order valence-electron chi connectivity index (χ2n) is 6.33. The number of rotatable bonds is 7. The monoisotopic (exact) mass is 353 g/mol. The normalized spacial score (nSPS) is 10.7. The van der Waals surface area contributed by atoms with Gasteiger partial charge < -0.3 is 19.0 Å². The first-order chi connectivity index (χ1) is 12.5. The average molecular weight is 353 g/mol. The summed E-state index contributed by atoms with van der Waals surface area (Å²) in [6.45, 7) is 4.85. The minimum atomic E-state index is -0.232. The van der Waals surface area contributed by atoms with E-state index in [2.05, 4.69) is 16.4 Å². The molecule has 0 radical (unpaired) electrons. The summed E-state index contributed by atoms with van der Waals surface area (Å²) in [5.74, 6) is 1.48. The topological polar surface area (TPSA) is 69.3 Å².